The van der Waals surface area contributed by atoms with Crippen LogP contribution in [0.2, 0.25) is 0 Å². The van der Waals surface area contributed by atoms with Crippen LogP contribution in [0.1, 0.15) is 23.2 Å². The number of nitrogens with one attached hydrogen (secondary N) is 2. The molecule has 4 aromatic rings. The minimum Gasteiger partial charge on any atom is -0.496 e. The molecule has 2 amide bonds. The SMILES string of the molecule is COc1cccc(F)c1-c1cc2c(NC(=O)c3ccccc3N3CCN(C4CC4)C(=O)C3)n[nH]c2cn1. The molecule has 0 atom stereocenters. The molecule has 2 fully saturated rings. The maximum absolute atomic E-state index is 14.7. The number of pyridine rings is 1. The lowest BCUT2D eigenvalue weighted by atomic mass is 10.1. The van der Waals surface area contributed by atoms with Crippen LogP contribution in [-0.2, 0) is 4.79 Å². The minimum atomic E-state index is -0.467. The molecule has 2 aliphatic rings. The fraction of sp³-hybridized carbons (Fsp3) is 0.259. The van der Waals surface area contributed by atoms with Crippen molar-refractivity contribution in [2.24, 2.45) is 0 Å². The Morgan fingerprint density at radius 2 is 2.00 bits per heavy atom. The van der Waals surface area contributed by atoms with Crippen LogP contribution >= 0.6 is 0 Å². The second-order valence-electron chi connectivity index (χ2n) is 9.22. The molecule has 0 unspecified atom stereocenters. The summed E-state index contributed by atoms with van der Waals surface area (Å²) in [4.78, 5) is 34.4. The number of fused-ring (bicyclic) bond motifs is 1. The van der Waals surface area contributed by atoms with Gasteiger partial charge in [0.15, 0.2) is 5.82 Å². The first-order valence-corrected chi connectivity index (χ1v) is 12.2. The number of piperazine rings is 1. The number of benzene rings is 2. The third kappa shape index (κ3) is 4.24. The minimum absolute atomic E-state index is 0.0888. The topological polar surface area (TPSA) is 103 Å². The molecule has 0 spiro atoms. The molecule has 188 valence electrons. The number of hydrogen-bond donors (Lipinski definition) is 2. The monoisotopic (exact) mass is 500 g/mol. The number of anilines is 2. The number of ether oxygens (including phenoxy) is 1. The van der Waals surface area contributed by atoms with E-state index < -0.39 is 5.82 Å². The lowest BCUT2D eigenvalue weighted by Crippen LogP contribution is -2.51. The number of H-pyrrole nitrogens is 1. The fourth-order valence-corrected chi connectivity index (χ4v) is 4.85. The van der Waals surface area contributed by atoms with Crippen LogP contribution in [0.25, 0.3) is 22.2 Å². The molecule has 2 aromatic heterocycles. The molecule has 1 aliphatic carbocycles. The summed E-state index contributed by atoms with van der Waals surface area (Å²) in [5.74, 6) is -0.0890. The van der Waals surface area contributed by atoms with Gasteiger partial charge in [0.25, 0.3) is 5.91 Å². The lowest BCUT2D eigenvalue weighted by Gasteiger charge is -2.36. The molecule has 1 aliphatic heterocycles. The van der Waals surface area contributed by atoms with Crippen molar-refractivity contribution >= 4 is 34.2 Å². The van der Waals surface area contributed by atoms with Crippen LogP contribution in [0, 0.1) is 5.82 Å². The number of aromatic nitrogens is 3. The van der Waals surface area contributed by atoms with E-state index in [0.717, 1.165) is 12.8 Å². The molecule has 6 rings (SSSR count). The third-order valence-corrected chi connectivity index (χ3v) is 6.86. The summed E-state index contributed by atoms with van der Waals surface area (Å²) in [6.45, 7) is 1.56. The Kier molecular flexibility index (Phi) is 5.71. The van der Waals surface area contributed by atoms with E-state index in [1.807, 2.05) is 21.9 Å². The molecule has 10 heteroatoms. The van der Waals surface area contributed by atoms with E-state index >= 15 is 0 Å². The van der Waals surface area contributed by atoms with Crippen LogP contribution < -0.4 is 15.0 Å². The summed E-state index contributed by atoms with van der Waals surface area (Å²) in [5.41, 5.74) is 2.31. The Morgan fingerprint density at radius 1 is 1.16 bits per heavy atom. The summed E-state index contributed by atoms with van der Waals surface area (Å²) in [6, 6.07) is 13.8. The van der Waals surface area contributed by atoms with E-state index in [2.05, 4.69) is 20.5 Å². The summed E-state index contributed by atoms with van der Waals surface area (Å²) in [7, 11) is 1.47. The molecular weight excluding hydrogens is 475 g/mol. The van der Waals surface area contributed by atoms with Crippen molar-refractivity contribution in [3.8, 4) is 17.0 Å². The number of amides is 2. The summed E-state index contributed by atoms with van der Waals surface area (Å²) < 4.78 is 20.0. The number of rotatable bonds is 6. The first-order valence-electron chi connectivity index (χ1n) is 12.2. The number of hydrogen-bond acceptors (Lipinski definition) is 6. The van der Waals surface area contributed by atoms with Crippen molar-refractivity contribution in [2.75, 3.05) is 37.0 Å². The van der Waals surface area contributed by atoms with Crippen LogP contribution in [0.15, 0.2) is 54.7 Å². The second-order valence-corrected chi connectivity index (χ2v) is 9.22. The summed E-state index contributed by atoms with van der Waals surface area (Å²) >= 11 is 0. The second kappa shape index (κ2) is 9.20. The molecule has 0 radical (unpaired) electrons. The van der Waals surface area contributed by atoms with Crippen molar-refractivity contribution in [1.82, 2.24) is 20.1 Å². The third-order valence-electron chi connectivity index (χ3n) is 6.86. The zero-order chi connectivity index (χ0) is 25.5. The maximum Gasteiger partial charge on any atom is 0.258 e. The first-order chi connectivity index (χ1) is 18.0. The molecular formula is C27H25FN6O3. The zero-order valence-corrected chi connectivity index (χ0v) is 20.2. The molecule has 37 heavy (non-hydrogen) atoms. The van der Waals surface area contributed by atoms with Gasteiger partial charge in [0.05, 0.1) is 47.9 Å². The molecule has 1 saturated heterocycles. The van der Waals surface area contributed by atoms with Gasteiger partial charge in [0.2, 0.25) is 5.91 Å². The molecule has 1 saturated carbocycles. The predicted molar refractivity (Wildman–Crippen MR) is 137 cm³/mol. The maximum atomic E-state index is 14.7. The Bertz CT molecular complexity index is 1520. The van der Waals surface area contributed by atoms with Crippen LogP contribution in [0.4, 0.5) is 15.9 Å². The van der Waals surface area contributed by atoms with E-state index in [0.29, 0.717) is 58.5 Å². The van der Waals surface area contributed by atoms with Crippen LogP contribution in [0.3, 0.4) is 0 Å². The molecule has 9 nitrogen and oxygen atoms in total. The van der Waals surface area contributed by atoms with Crippen LogP contribution in [-0.4, -0.2) is 64.7 Å². The van der Waals surface area contributed by atoms with Gasteiger partial charge in [-0.3, -0.25) is 19.7 Å². The highest BCUT2D eigenvalue weighted by molar-refractivity contribution is 6.11. The number of aromatic amines is 1. The van der Waals surface area contributed by atoms with E-state index in [-0.39, 0.29) is 23.9 Å². The van der Waals surface area contributed by atoms with Gasteiger partial charge in [-0.15, -0.1) is 0 Å². The Labute approximate surface area is 212 Å². The van der Waals surface area contributed by atoms with Gasteiger partial charge in [-0.25, -0.2) is 4.39 Å². The quantitative estimate of drug-likeness (QED) is 0.417. The van der Waals surface area contributed by atoms with Crippen molar-refractivity contribution in [3.05, 3.63) is 66.1 Å². The Morgan fingerprint density at radius 3 is 2.78 bits per heavy atom. The van der Waals surface area contributed by atoms with E-state index in [1.54, 1.807) is 30.3 Å². The predicted octanol–water partition coefficient (Wildman–Crippen LogP) is 3.84. The number of halogens is 1. The van der Waals surface area contributed by atoms with Crippen molar-refractivity contribution in [2.45, 2.75) is 18.9 Å². The summed E-state index contributed by atoms with van der Waals surface area (Å²) in [5, 5.41) is 10.6. The van der Waals surface area contributed by atoms with Gasteiger partial charge in [-0.2, -0.15) is 5.10 Å². The first kappa shape index (κ1) is 23.0. The average Bonchev–Trinajstić information content (AvgIpc) is 3.69. The van der Waals surface area contributed by atoms with Gasteiger partial charge >= 0.3 is 0 Å². The Balaban J connectivity index is 1.28. The zero-order valence-electron chi connectivity index (χ0n) is 20.2. The van der Waals surface area contributed by atoms with Gasteiger partial charge in [-0.1, -0.05) is 18.2 Å². The van der Waals surface area contributed by atoms with Gasteiger partial charge < -0.3 is 19.9 Å². The fourth-order valence-electron chi connectivity index (χ4n) is 4.85. The summed E-state index contributed by atoms with van der Waals surface area (Å²) in [6.07, 6.45) is 3.69. The smallest absolute Gasteiger partial charge is 0.258 e. The van der Waals surface area contributed by atoms with Crippen molar-refractivity contribution < 1.29 is 18.7 Å². The van der Waals surface area contributed by atoms with Gasteiger partial charge in [0, 0.05) is 24.5 Å². The van der Waals surface area contributed by atoms with Gasteiger partial charge in [-0.05, 0) is 43.2 Å². The largest absolute Gasteiger partial charge is 0.496 e. The average molecular weight is 501 g/mol. The highest BCUT2D eigenvalue weighted by Crippen LogP contribution is 2.34. The van der Waals surface area contributed by atoms with E-state index in [1.165, 1.54) is 19.4 Å². The highest BCUT2D eigenvalue weighted by Gasteiger charge is 2.36. The number of methoxy groups -OCH3 is 1. The standard InChI is InChI=1S/C27H25FN6O3/c1-37-23-8-4-6-19(28)25(23)20-13-18-21(14-29-20)31-32-26(18)30-27(36)17-5-2-3-7-22(17)33-11-12-34(16-9-10-16)24(35)15-33/h2-8,13-14,16H,9-12,15H2,1H3,(H2,30,31,32,36). The molecule has 3 heterocycles. The van der Waals surface area contributed by atoms with Crippen molar-refractivity contribution in [1.29, 1.82) is 0 Å². The lowest BCUT2D eigenvalue weighted by molar-refractivity contribution is -0.131. The van der Waals surface area contributed by atoms with Crippen molar-refractivity contribution in [3.63, 3.8) is 0 Å². The van der Waals surface area contributed by atoms with Gasteiger partial charge in [0.1, 0.15) is 11.6 Å². The normalized spacial score (nSPS) is 15.8. The Hall–Kier alpha value is -4.47. The molecule has 2 aromatic carbocycles. The van der Waals surface area contributed by atoms with E-state index in [4.69, 9.17) is 4.74 Å². The number of carbonyl (C=O) groups is 2. The molecule has 0 bridgehead atoms. The molecule has 2 N–H and O–H groups in total. The number of nitrogens with zero attached hydrogens (tertiary/aromatic N) is 4. The van der Waals surface area contributed by atoms with Crippen LogP contribution in [0.5, 0.6) is 5.75 Å². The highest BCUT2D eigenvalue weighted by atomic mass is 19.1. The number of carbonyl (C=O) groups excluding carboxylic acids is 2. The van der Waals surface area contributed by atoms with E-state index in [9.17, 15) is 14.0 Å². The number of para-hydroxylation sites is 1.